The van der Waals surface area contributed by atoms with Gasteiger partial charge in [-0.1, -0.05) is 46.1 Å². The molecule has 4 aromatic rings. The van der Waals surface area contributed by atoms with E-state index in [9.17, 15) is 47.9 Å². The van der Waals surface area contributed by atoms with Crippen molar-refractivity contribution in [3.63, 3.8) is 0 Å². The van der Waals surface area contributed by atoms with Crippen LogP contribution >= 0.6 is 11.8 Å². The highest BCUT2D eigenvalue weighted by Crippen LogP contribution is 2.45. The van der Waals surface area contributed by atoms with Crippen LogP contribution in [0.5, 0.6) is 0 Å². The molecule has 9 amide bonds. The van der Waals surface area contributed by atoms with Gasteiger partial charge in [-0.2, -0.15) is 11.8 Å². The van der Waals surface area contributed by atoms with E-state index in [1.54, 1.807) is 49.6 Å². The van der Waals surface area contributed by atoms with Crippen LogP contribution in [0.2, 0.25) is 0 Å². The largest absolute Gasteiger partial charge is 0.460 e. The molecule has 0 radical (unpaired) electrons. The zero-order valence-electron chi connectivity index (χ0n) is 46.0. The van der Waals surface area contributed by atoms with Gasteiger partial charge in [0.25, 0.3) is 5.56 Å². The first-order valence-corrected chi connectivity index (χ1v) is 28.1. The summed E-state index contributed by atoms with van der Waals surface area (Å²) in [6.07, 6.45) is 3.01. The van der Waals surface area contributed by atoms with E-state index in [1.165, 1.54) is 20.8 Å². The number of nitrogens with two attached hydrogens (primary N) is 1. The van der Waals surface area contributed by atoms with Crippen molar-refractivity contribution in [3.05, 3.63) is 117 Å². The Morgan fingerprint density at radius 1 is 0.939 bits per heavy atom. The number of hydrogen-bond acceptors (Lipinski definition) is 14. The zero-order chi connectivity index (χ0) is 59.1. The number of carbonyl (C=O) groups is 9. The second kappa shape index (κ2) is 25.9. The third-order valence-corrected chi connectivity index (χ3v) is 15.9. The number of esters is 1. The minimum Gasteiger partial charge on any atom is -0.460 e. The third kappa shape index (κ3) is 13.1. The Morgan fingerprint density at radius 2 is 1.63 bits per heavy atom. The summed E-state index contributed by atoms with van der Waals surface area (Å²) < 4.78 is 28.1. The van der Waals surface area contributed by atoms with Crippen LogP contribution in [0.15, 0.2) is 66.5 Å². The van der Waals surface area contributed by atoms with Gasteiger partial charge in [-0.25, -0.2) is 19.0 Å². The van der Waals surface area contributed by atoms with Crippen molar-refractivity contribution in [2.75, 3.05) is 43.4 Å². The molecule has 1 saturated heterocycles. The van der Waals surface area contributed by atoms with E-state index in [1.807, 2.05) is 13.0 Å². The van der Waals surface area contributed by atoms with Crippen LogP contribution in [0.1, 0.15) is 104 Å². The van der Waals surface area contributed by atoms with E-state index < -0.39 is 83.4 Å². The van der Waals surface area contributed by atoms with Crippen LogP contribution in [0.4, 0.5) is 19.7 Å². The fraction of sp³-hybridized carbons (Fsp3) is 0.421. The summed E-state index contributed by atoms with van der Waals surface area (Å²) in [5.41, 5.74) is 10.9. The maximum absolute atomic E-state index is 15.4. The van der Waals surface area contributed by atoms with Crippen molar-refractivity contribution in [1.82, 2.24) is 45.5 Å². The smallest absolute Gasteiger partial charge is 0.407 e. The molecule has 4 aliphatic rings. The Labute approximate surface area is 475 Å². The minimum atomic E-state index is -1.13. The Bertz CT molecular complexity index is 3300. The molecule has 23 nitrogen and oxygen atoms in total. The van der Waals surface area contributed by atoms with Gasteiger partial charge in [0.05, 0.1) is 66.7 Å². The normalized spacial score (nSPS) is 16.6. The molecule has 2 aromatic heterocycles. The Balaban J connectivity index is 0.871. The Morgan fingerprint density at radius 3 is 2.29 bits per heavy atom. The SMILES string of the molecule is C=CC(=O)N1CN(C(=O)C=C)CN(C(=O)CCSCC(=O)N[C@H](C(=O)N[C@@H](CCCNC(N)=O)C(=O)Nc2ccc(COC(=O)N[C@H]3CCc4c(C)c(F)cc5nc6c(c3c45)Cn3c-6cc4c(c3=O)COC(=O)[C@@H]4CC)cc2)C(C)C)C1. The number of primary amides is 1. The number of anilines is 1. The lowest BCUT2D eigenvalue weighted by Crippen LogP contribution is -2.59. The summed E-state index contributed by atoms with van der Waals surface area (Å²) in [7, 11) is 0. The topological polar surface area (TPSA) is 303 Å². The molecule has 2 aromatic carbocycles. The Kier molecular flexibility index (Phi) is 18.8. The lowest BCUT2D eigenvalue weighted by molar-refractivity contribution is -0.154. The van der Waals surface area contributed by atoms with Crippen LogP contribution in [0.3, 0.4) is 0 Å². The second-order valence-corrected chi connectivity index (χ2v) is 21.8. The molecule has 5 heterocycles. The molecule has 82 heavy (non-hydrogen) atoms. The summed E-state index contributed by atoms with van der Waals surface area (Å²) in [4.78, 5) is 139. The number of cyclic esters (lactones) is 1. The summed E-state index contributed by atoms with van der Waals surface area (Å²) in [5.74, 6) is -4.79. The number of rotatable bonds is 21. The maximum Gasteiger partial charge on any atom is 0.407 e. The average molecular weight is 1150 g/mol. The van der Waals surface area contributed by atoms with Crippen molar-refractivity contribution < 1.29 is 57.0 Å². The number of urea groups is 1. The second-order valence-electron chi connectivity index (χ2n) is 20.7. The first-order valence-electron chi connectivity index (χ1n) is 26.9. The average Bonchev–Trinajstić information content (AvgIpc) is 2.37. The maximum atomic E-state index is 15.4. The lowest BCUT2D eigenvalue weighted by atomic mass is 9.81. The monoisotopic (exact) mass is 1150 g/mol. The first kappa shape index (κ1) is 59.5. The molecule has 0 unspecified atom stereocenters. The molecule has 1 fully saturated rings. The van der Waals surface area contributed by atoms with Gasteiger partial charge in [-0.3, -0.25) is 38.4 Å². The highest BCUT2D eigenvalue weighted by atomic mass is 32.2. The van der Waals surface area contributed by atoms with Gasteiger partial charge in [0.15, 0.2) is 0 Å². The van der Waals surface area contributed by atoms with E-state index in [0.717, 1.165) is 29.5 Å². The third-order valence-electron chi connectivity index (χ3n) is 15.0. The molecule has 0 spiro atoms. The van der Waals surface area contributed by atoms with Crippen LogP contribution in [0.25, 0.3) is 22.3 Å². The number of aryl methyl sites for hydroxylation is 1. The number of carbonyl (C=O) groups excluding carboxylic acids is 9. The fourth-order valence-corrected chi connectivity index (χ4v) is 11.4. The van der Waals surface area contributed by atoms with E-state index in [4.69, 9.17) is 20.2 Å². The molecular weight excluding hydrogens is 1080 g/mol. The standard InChI is InChI=1S/C57H66FN11O12S/c1-7-34-36-21-43-51-37(23-69(43)54(76)38(36)25-80-55(34)77)49-40(17-16-35-31(6)39(58)22-42(62-51)48(35)49)64-57(79)81-24-32-12-14-33(15-13-32)61-52(74)41(11-10-19-60-56(59)78)63-53(75)50(30(4)5)65-44(70)26-82-20-18-47(73)68-28-66(45(71)8-2)27-67(29-68)46(72)9-3/h8-9,12-15,21-22,30,34,40-41,50H,2-3,7,10-11,16-20,23-29H2,1,4-6H3,(H,61,74)(H,63,75)(H,64,79)(H,65,70)(H3,59,60,78)/t34-,40+,41+,50+/m1/s1. The number of thioether (sulfide) groups is 1. The van der Waals surface area contributed by atoms with Crippen LogP contribution in [-0.2, 0) is 69.2 Å². The van der Waals surface area contributed by atoms with Crippen LogP contribution in [0, 0.1) is 18.7 Å². The van der Waals surface area contributed by atoms with Gasteiger partial charge in [0.2, 0.25) is 35.4 Å². The number of hydrogen-bond donors (Lipinski definition) is 6. The summed E-state index contributed by atoms with van der Waals surface area (Å²) >= 11 is 1.14. The predicted molar refractivity (Wildman–Crippen MR) is 301 cm³/mol. The molecule has 4 atom stereocenters. The number of nitrogens with one attached hydrogen (secondary N) is 5. The number of fused-ring (bicyclic) bond motifs is 5. The molecule has 434 valence electrons. The van der Waals surface area contributed by atoms with Crippen molar-refractivity contribution in [2.24, 2.45) is 11.7 Å². The van der Waals surface area contributed by atoms with Gasteiger partial charge >= 0.3 is 18.1 Å². The van der Waals surface area contributed by atoms with Crippen LogP contribution in [-0.4, -0.2) is 128 Å². The molecule has 0 bridgehead atoms. The van der Waals surface area contributed by atoms with Gasteiger partial charge in [-0.15, -0.1) is 0 Å². The zero-order valence-corrected chi connectivity index (χ0v) is 46.8. The van der Waals surface area contributed by atoms with Crippen molar-refractivity contribution in [3.8, 4) is 11.4 Å². The number of alkyl carbamates (subject to hydrolysis) is 1. The van der Waals surface area contributed by atoms with Crippen molar-refractivity contribution in [1.29, 1.82) is 0 Å². The number of ether oxygens (including phenoxy) is 2. The lowest BCUT2D eigenvalue weighted by Gasteiger charge is -2.41. The summed E-state index contributed by atoms with van der Waals surface area (Å²) in [6.45, 7) is 13.7. The van der Waals surface area contributed by atoms with Crippen molar-refractivity contribution >= 4 is 81.9 Å². The molecule has 8 rings (SSSR count). The molecule has 0 saturated carbocycles. The number of aromatic nitrogens is 2. The molecule has 25 heteroatoms. The van der Waals surface area contributed by atoms with Gasteiger partial charge in [-0.05, 0) is 103 Å². The van der Waals surface area contributed by atoms with Crippen LogP contribution < -0.4 is 37.9 Å². The van der Waals surface area contributed by atoms with E-state index in [-0.39, 0.29) is 88.5 Å². The van der Waals surface area contributed by atoms with E-state index in [2.05, 4.69) is 39.7 Å². The minimum absolute atomic E-state index is 0.0127. The Hall–Kier alpha value is -8.61. The molecular formula is C57H66FN11O12S. The van der Waals surface area contributed by atoms with Gasteiger partial charge < -0.3 is 61.1 Å². The summed E-state index contributed by atoms with van der Waals surface area (Å²) in [6, 6.07) is 6.08. The first-order chi connectivity index (χ1) is 39.2. The van der Waals surface area contributed by atoms with E-state index >= 15 is 4.39 Å². The quantitative estimate of drug-likeness (QED) is 0.0341. The number of amides is 9. The van der Waals surface area contributed by atoms with Crippen molar-refractivity contribution in [2.45, 2.75) is 110 Å². The number of benzene rings is 2. The number of pyridine rings is 2. The number of nitrogens with zero attached hydrogens (tertiary/aromatic N) is 5. The highest BCUT2D eigenvalue weighted by molar-refractivity contribution is 7.99. The predicted octanol–water partition coefficient (Wildman–Crippen LogP) is 4.22. The molecule has 3 aliphatic heterocycles. The molecule has 1 aliphatic carbocycles. The van der Waals surface area contributed by atoms with Gasteiger partial charge in [0.1, 0.15) is 31.1 Å². The van der Waals surface area contributed by atoms with Gasteiger partial charge in [0, 0.05) is 41.4 Å². The summed E-state index contributed by atoms with van der Waals surface area (Å²) in [5, 5.41) is 14.4. The highest BCUT2D eigenvalue weighted by Gasteiger charge is 2.39. The molecule has 7 N–H and O–H groups in total. The fourth-order valence-electron chi connectivity index (χ4n) is 10.7. The number of halogens is 1. The van der Waals surface area contributed by atoms with E-state index in [0.29, 0.717) is 80.6 Å².